The number of hydrogen-bond acceptors (Lipinski definition) is 1. The van der Waals surface area contributed by atoms with E-state index >= 15 is 0 Å². The first-order valence-electron chi connectivity index (χ1n) is 8.53. The van der Waals surface area contributed by atoms with E-state index in [-0.39, 0.29) is 0 Å². The number of hydrogen-bond donors (Lipinski definition) is 0. The van der Waals surface area contributed by atoms with Crippen LogP contribution >= 0.6 is 0 Å². The second kappa shape index (κ2) is 7.61. The van der Waals surface area contributed by atoms with Gasteiger partial charge in [-0.15, -0.1) is 0 Å². The summed E-state index contributed by atoms with van der Waals surface area (Å²) in [6, 6.07) is 0. The van der Waals surface area contributed by atoms with Gasteiger partial charge < -0.3 is 0 Å². The normalized spacial score (nSPS) is 17.2. The van der Waals surface area contributed by atoms with Crippen molar-refractivity contribution in [3.05, 3.63) is 34.6 Å². The first-order chi connectivity index (χ1) is 9.80. The van der Waals surface area contributed by atoms with Gasteiger partial charge in [0.25, 0.3) is 0 Å². The van der Waals surface area contributed by atoms with Crippen LogP contribution in [0.5, 0.6) is 0 Å². The molecule has 0 radical (unpaired) electrons. The van der Waals surface area contributed by atoms with Crippen molar-refractivity contribution in [2.45, 2.75) is 78.6 Å². The highest BCUT2D eigenvalue weighted by Gasteiger charge is 2.24. The Morgan fingerprint density at radius 3 is 2.15 bits per heavy atom. The van der Waals surface area contributed by atoms with Crippen molar-refractivity contribution in [2.24, 2.45) is 4.99 Å². The van der Waals surface area contributed by atoms with Crippen LogP contribution in [0.3, 0.4) is 0 Å². The molecule has 0 aromatic heterocycles. The summed E-state index contributed by atoms with van der Waals surface area (Å²) < 4.78 is 0. The number of allylic oxidation sites excluding steroid dienone is 6. The molecule has 0 aromatic carbocycles. The molecule has 0 aromatic rings. The van der Waals surface area contributed by atoms with E-state index in [1.807, 2.05) is 0 Å². The van der Waals surface area contributed by atoms with Crippen LogP contribution in [0.15, 0.2) is 39.6 Å². The third-order valence-electron chi connectivity index (χ3n) is 4.24. The van der Waals surface area contributed by atoms with E-state index < -0.39 is 0 Å². The van der Waals surface area contributed by atoms with E-state index in [1.54, 1.807) is 11.1 Å². The number of unbranched alkanes of at least 4 members (excludes halogenated alkanes) is 3. The molecule has 1 heteroatoms. The maximum absolute atomic E-state index is 4.85. The standard InChI is InChI=1S/C19H29N/c1-4-7-10-15-13-19-18(17(15)12-9-6-3)14-16(20-19)11-8-5-2/h13-14H,4-12H2,1-3H3. The summed E-state index contributed by atoms with van der Waals surface area (Å²) in [7, 11) is 0. The van der Waals surface area contributed by atoms with Crippen LogP contribution in [0.25, 0.3) is 0 Å². The van der Waals surface area contributed by atoms with Crippen LogP contribution < -0.4 is 0 Å². The largest absolute Gasteiger partial charge is 0.253 e. The SMILES string of the molecule is CCCCC1=CC2=C(CCCC)C(CCCC)=CC2=N1. The van der Waals surface area contributed by atoms with E-state index in [0.29, 0.717) is 0 Å². The lowest BCUT2D eigenvalue weighted by Gasteiger charge is -2.09. The molecule has 110 valence electrons. The number of nitrogens with zero attached hydrogens (tertiary/aromatic N) is 1. The average molecular weight is 271 g/mol. The van der Waals surface area contributed by atoms with Crippen LogP contribution in [-0.4, -0.2) is 5.71 Å². The van der Waals surface area contributed by atoms with Crippen LogP contribution in [-0.2, 0) is 0 Å². The minimum atomic E-state index is 1.14. The zero-order valence-electron chi connectivity index (χ0n) is 13.5. The van der Waals surface area contributed by atoms with Crippen molar-refractivity contribution in [2.75, 3.05) is 0 Å². The average Bonchev–Trinajstić information content (AvgIpc) is 2.98. The summed E-state index contributed by atoms with van der Waals surface area (Å²) in [6.45, 7) is 6.80. The molecule has 2 aliphatic rings. The summed E-state index contributed by atoms with van der Waals surface area (Å²) in [5, 5.41) is 0. The predicted octanol–water partition coefficient (Wildman–Crippen LogP) is 6.13. The van der Waals surface area contributed by atoms with Gasteiger partial charge >= 0.3 is 0 Å². The van der Waals surface area contributed by atoms with Crippen LogP contribution in [0, 0.1) is 0 Å². The van der Waals surface area contributed by atoms with Crippen molar-refractivity contribution in [1.82, 2.24) is 0 Å². The van der Waals surface area contributed by atoms with Gasteiger partial charge in [0.2, 0.25) is 0 Å². The minimum absolute atomic E-state index is 1.14. The Balaban J connectivity index is 2.14. The Kier molecular flexibility index (Phi) is 5.82. The lowest BCUT2D eigenvalue weighted by atomic mass is 9.96. The molecule has 0 amide bonds. The fourth-order valence-corrected chi connectivity index (χ4v) is 2.99. The molecule has 1 nitrogen and oxygen atoms in total. The van der Waals surface area contributed by atoms with Crippen molar-refractivity contribution in [3.8, 4) is 0 Å². The van der Waals surface area contributed by atoms with Gasteiger partial charge in [-0.1, -0.05) is 40.0 Å². The molecule has 20 heavy (non-hydrogen) atoms. The fourth-order valence-electron chi connectivity index (χ4n) is 2.99. The quantitative estimate of drug-likeness (QED) is 0.478. The number of rotatable bonds is 9. The van der Waals surface area contributed by atoms with E-state index in [4.69, 9.17) is 4.99 Å². The first-order valence-corrected chi connectivity index (χ1v) is 8.53. The molecule has 0 fully saturated rings. The van der Waals surface area contributed by atoms with Crippen LogP contribution in [0.2, 0.25) is 0 Å². The van der Waals surface area contributed by atoms with Gasteiger partial charge in [-0.2, -0.15) is 0 Å². The minimum Gasteiger partial charge on any atom is -0.253 e. The van der Waals surface area contributed by atoms with Gasteiger partial charge in [-0.05, 0) is 61.8 Å². The molecule has 1 heterocycles. The van der Waals surface area contributed by atoms with Gasteiger partial charge in [0.1, 0.15) is 0 Å². The van der Waals surface area contributed by atoms with Crippen LogP contribution in [0.4, 0.5) is 0 Å². The molecule has 1 aliphatic carbocycles. The molecule has 0 atom stereocenters. The van der Waals surface area contributed by atoms with E-state index in [9.17, 15) is 0 Å². The topological polar surface area (TPSA) is 12.4 Å². The Morgan fingerprint density at radius 2 is 1.45 bits per heavy atom. The smallest absolute Gasteiger partial charge is 0.0711 e. The molecule has 0 saturated heterocycles. The highest BCUT2D eigenvalue weighted by molar-refractivity contribution is 6.17. The molecule has 2 rings (SSSR count). The Hall–Kier alpha value is -1.11. The Morgan fingerprint density at radius 1 is 0.800 bits per heavy atom. The maximum atomic E-state index is 4.85. The van der Waals surface area contributed by atoms with Crippen molar-refractivity contribution >= 4 is 5.71 Å². The highest BCUT2D eigenvalue weighted by Crippen LogP contribution is 2.37. The Bertz CT molecular complexity index is 460. The van der Waals surface area contributed by atoms with Gasteiger partial charge in [-0.3, -0.25) is 4.99 Å². The van der Waals surface area contributed by atoms with Gasteiger partial charge in [0.15, 0.2) is 0 Å². The maximum Gasteiger partial charge on any atom is 0.0711 e. The van der Waals surface area contributed by atoms with E-state index in [0.717, 1.165) is 6.42 Å². The third-order valence-corrected chi connectivity index (χ3v) is 4.24. The summed E-state index contributed by atoms with van der Waals surface area (Å²) in [5.41, 5.74) is 7.19. The first kappa shape index (κ1) is 15.3. The Labute approximate surface area is 124 Å². The van der Waals surface area contributed by atoms with Crippen LogP contribution in [0.1, 0.15) is 78.6 Å². The summed E-state index contributed by atoms with van der Waals surface area (Å²) in [5.74, 6) is 0. The molecule has 0 bridgehead atoms. The second-order valence-electron chi connectivity index (χ2n) is 6.01. The van der Waals surface area contributed by atoms with Gasteiger partial charge in [0, 0.05) is 11.3 Å². The predicted molar refractivity (Wildman–Crippen MR) is 89.2 cm³/mol. The third kappa shape index (κ3) is 3.50. The summed E-state index contributed by atoms with van der Waals surface area (Å²) in [4.78, 5) is 4.85. The lowest BCUT2D eigenvalue weighted by molar-refractivity contribution is 0.754. The van der Waals surface area contributed by atoms with E-state index in [2.05, 4.69) is 32.9 Å². The summed E-state index contributed by atoms with van der Waals surface area (Å²) >= 11 is 0. The summed E-state index contributed by atoms with van der Waals surface area (Å²) in [6.07, 6.45) is 16.0. The number of aliphatic imine (C=N–C) groups is 1. The molecule has 0 saturated carbocycles. The monoisotopic (exact) mass is 271 g/mol. The molecular weight excluding hydrogens is 242 g/mol. The van der Waals surface area contributed by atoms with Crippen molar-refractivity contribution < 1.29 is 0 Å². The molecule has 1 aliphatic heterocycles. The highest BCUT2D eigenvalue weighted by atomic mass is 14.8. The molecule has 0 N–H and O–H groups in total. The molecule has 0 unspecified atom stereocenters. The lowest BCUT2D eigenvalue weighted by Crippen LogP contribution is -1.92. The zero-order valence-corrected chi connectivity index (χ0v) is 13.5. The van der Waals surface area contributed by atoms with Gasteiger partial charge in [-0.25, -0.2) is 0 Å². The number of fused-ring (bicyclic) bond motifs is 1. The van der Waals surface area contributed by atoms with E-state index in [1.165, 1.54) is 68.3 Å². The fraction of sp³-hybridized carbons (Fsp3) is 0.632. The molecule has 0 spiro atoms. The van der Waals surface area contributed by atoms with Crippen molar-refractivity contribution in [3.63, 3.8) is 0 Å². The second-order valence-corrected chi connectivity index (χ2v) is 6.01. The van der Waals surface area contributed by atoms with Gasteiger partial charge in [0.05, 0.1) is 5.71 Å². The molecular formula is C19H29N. The van der Waals surface area contributed by atoms with Crippen molar-refractivity contribution in [1.29, 1.82) is 0 Å². The zero-order chi connectivity index (χ0) is 14.4.